The predicted molar refractivity (Wildman–Crippen MR) is 63.5 cm³/mol. The summed E-state index contributed by atoms with van der Waals surface area (Å²) in [5.74, 6) is 1.28. The summed E-state index contributed by atoms with van der Waals surface area (Å²) in [6.07, 6.45) is 2.65. The van der Waals surface area contributed by atoms with Crippen LogP contribution in [0.4, 0.5) is 5.69 Å². The van der Waals surface area contributed by atoms with Crippen LogP contribution in [0.15, 0.2) is 30.5 Å². The maximum atomic E-state index is 5.77. The quantitative estimate of drug-likeness (QED) is 0.858. The molecular formula is C12H15N3O. The van der Waals surface area contributed by atoms with Gasteiger partial charge in [-0.1, -0.05) is 25.1 Å². The van der Waals surface area contributed by atoms with Gasteiger partial charge in [0.05, 0.1) is 6.20 Å². The number of nitrogens with zero attached hydrogens (tertiary/aromatic N) is 2. The van der Waals surface area contributed by atoms with Gasteiger partial charge < -0.3 is 10.5 Å². The third-order valence-corrected chi connectivity index (χ3v) is 2.38. The van der Waals surface area contributed by atoms with Crippen LogP contribution < -0.4 is 10.5 Å². The maximum absolute atomic E-state index is 5.77. The summed E-state index contributed by atoms with van der Waals surface area (Å²) in [4.78, 5) is 0. The number of para-hydroxylation sites is 1. The Balaban J connectivity index is 2.30. The molecule has 84 valence electrons. The summed E-state index contributed by atoms with van der Waals surface area (Å²) in [6, 6.07) is 7.89. The van der Waals surface area contributed by atoms with E-state index in [1.54, 1.807) is 10.9 Å². The van der Waals surface area contributed by atoms with E-state index in [0.717, 1.165) is 17.7 Å². The van der Waals surface area contributed by atoms with Gasteiger partial charge in [-0.25, -0.2) is 0 Å². The summed E-state index contributed by atoms with van der Waals surface area (Å²) in [6.45, 7) is 2.09. The standard InChI is InChI=1S/C12H15N3O/c1-3-9-6-4-5-7-11(9)16-12-10(13)8-15(2)14-12/h4-8H,3,13H2,1-2H3. The Labute approximate surface area is 94.6 Å². The number of aromatic nitrogens is 2. The van der Waals surface area contributed by atoms with Gasteiger partial charge in [-0.15, -0.1) is 5.10 Å². The van der Waals surface area contributed by atoms with E-state index in [1.807, 2.05) is 31.3 Å². The van der Waals surface area contributed by atoms with Crippen molar-refractivity contribution in [3.63, 3.8) is 0 Å². The Bertz CT molecular complexity index is 491. The molecule has 2 rings (SSSR count). The van der Waals surface area contributed by atoms with Crippen molar-refractivity contribution in [1.29, 1.82) is 0 Å². The van der Waals surface area contributed by atoms with Gasteiger partial charge in [-0.05, 0) is 18.1 Å². The summed E-state index contributed by atoms with van der Waals surface area (Å²) in [5, 5.41) is 4.15. The normalized spacial score (nSPS) is 10.4. The molecule has 0 bridgehead atoms. The minimum Gasteiger partial charge on any atom is -0.436 e. The van der Waals surface area contributed by atoms with Crippen molar-refractivity contribution < 1.29 is 4.74 Å². The fraction of sp³-hybridized carbons (Fsp3) is 0.250. The van der Waals surface area contributed by atoms with E-state index in [2.05, 4.69) is 12.0 Å². The van der Waals surface area contributed by atoms with Crippen LogP contribution >= 0.6 is 0 Å². The number of hydrogen-bond acceptors (Lipinski definition) is 3. The average Bonchev–Trinajstić information content (AvgIpc) is 2.58. The molecule has 0 saturated carbocycles. The van der Waals surface area contributed by atoms with Crippen molar-refractivity contribution in [2.75, 3.05) is 5.73 Å². The lowest BCUT2D eigenvalue weighted by atomic mass is 10.1. The summed E-state index contributed by atoms with van der Waals surface area (Å²) < 4.78 is 7.33. The molecule has 1 heterocycles. The molecule has 0 saturated heterocycles. The number of nitrogens with two attached hydrogens (primary N) is 1. The van der Waals surface area contributed by atoms with Crippen LogP contribution in [0.1, 0.15) is 12.5 Å². The molecule has 0 fully saturated rings. The van der Waals surface area contributed by atoms with E-state index in [0.29, 0.717) is 11.6 Å². The van der Waals surface area contributed by atoms with Crippen LogP contribution in [0, 0.1) is 0 Å². The zero-order chi connectivity index (χ0) is 11.5. The van der Waals surface area contributed by atoms with Crippen molar-refractivity contribution in [3.05, 3.63) is 36.0 Å². The fourth-order valence-electron chi connectivity index (χ4n) is 1.57. The second-order valence-electron chi connectivity index (χ2n) is 3.63. The minimum atomic E-state index is 0.461. The van der Waals surface area contributed by atoms with Gasteiger partial charge in [0.15, 0.2) is 0 Å². The molecule has 0 spiro atoms. The zero-order valence-electron chi connectivity index (χ0n) is 9.47. The van der Waals surface area contributed by atoms with Gasteiger partial charge in [0.25, 0.3) is 5.88 Å². The molecule has 0 aliphatic rings. The fourth-order valence-corrected chi connectivity index (χ4v) is 1.57. The second kappa shape index (κ2) is 4.26. The SMILES string of the molecule is CCc1ccccc1Oc1nn(C)cc1N. The van der Waals surface area contributed by atoms with E-state index in [4.69, 9.17) is 10.5 Å². The van der Waals surface area contributed by atoms with Crippen LogP contribution in [0.25, 0.3) is 0 Å². The van der Waals surface area contributed by atoms with Gasteiger partial charge in [0, 0.05) is 7.05 Å². The first-order chi connectivity index (χ1) is 7.70. The first kappa shape index (κ1) is 10.5. The molecule has 4 nitrogen and oxygen atoms in total. The van der Waals surface area contributed by atoms with Crippen molar-refractivity contribution in [2.24, 2.45) is 7.05 Å². The summed E-state index contributed by atoms with van der Waals surface area (Å²) >= 11 is 0. The Hall–Kier alpha value is -1.97. The van der Waals surface area contributed by atoms with E-state index in [9.17, 15) is 0 Å². The highest BCUT2D eigenvalue weighted by Gasteiger charge is 2.08. The Morgan fingerprint density at radius 2 is 2.12 bits per heavy atom. The number of rotatable bonds is 3. The lowest BCUT2D eigenvalue weighted by Gasteiger charge is -2.07. The van der Waals surface area contributed by atoms with Gasteiger partial charge in [-0.3, -0.25) is 4.68 Å². The highest BCUT2D eigenvalue weighted by molar-refractivity contribution is 5.48. The van der Waals surface area contributed by atoms with Crippen LogP contribution in [0.5, 0.6) is 11.6 Å². The van der Waals surface area contributed by atoms with Crippen molar-refractivity contribution >= 4 is 5.69 Å². The molecular weight excluding hydrogens is 202 g/mol. The van der Waals surface area contributed by atoms with Gasteiger partial charge >= 0.3 is 0 Å². The van der Waals surface area contributed by atoms with Crippen LogP contribution in [0.3, 0.4) is 0 Å². The Morgan fingerprint density at radius 3 is 2.75 bits per heavy atom. The van der Waals surface area contributed by atoms with Crippen molar-refractivity contribution in [1.82, 2.24) is 9.78 Å². The molecule has 16 heavy (non-hydrogen) atoms. The smallest absolute Gasteiger partial charge is 0.261 e. The minimum absolute atomic E-state index is 0.461. The van der Waals surface area contributed by atoms with Crippen LogP contribution in [0.2, 0.25) is 0 Å². The first-order valence-electron chi connectivity index (χ1n) is 5.25. The predicted octanol–water partition coefficient (Wildman–Crippen LogP) is 2.36. The second-order valence-corrected chi connectivity index (χ2v) is 3.63. The van der Waals surface area contributed by atoms with Gasteiger partial charge in [0.2, 0.25) is 0 Å². The zero-order valence-corrected chi connectivity index (χ0v) is 9.47. The van der Waals surface area contributed by atoms with E-state index >= 15 is 0 Å². The maximum Gasteiger partial charge on any atom is 0.261 e. The third-order valence-electron chi connectivity index (χ3n) is 2.38. The van der Waals surface area contributed by atoms with Crippen molar-refractivity contribution in [3.8, 4) is 11.6 Å². The monoisotopic (exact) mass is 217 g/mol. The Kier molecular flexibility index (Phi) is 2.81. The molecule has 0 aliphatic heterocycles. The van der Waals surface area contributed by atoms with Gasteiger partial charge in [0.1, 0.15) is 11.4 Å². The van der Waals surface area contributed by atoms with Crippen LogP contribution in [-0.4, -0.2) is 9.78 Å². The number of benzene rings is 1. The van der Waals surface area contributed by atoms with E-state index in [-0.39, 0.29) is 0 Å². The number of anilines is 1. The molecule has 0 amide bonds. The highest BCUT2D eigenvalue weighted by Crippen LogP contribution is 2.28. The number of nitrogen functional groups attached to an aromatic ring is 1. The largest absolute Gasteiger partial charge is 0.436 e. The molecule has 2 N–H and O–H groups in total. The lowest BCUT2D eigenvalue weighted by Crippen LogP contribution is -1.94. The van der Waals surface area contributed by atoms with Crippen molar-refractivity contribution in [2.45, 2.75) is 13.3 Å². The molecule has 0 aliphatic carbocycles. The summed E-state index contributed by atoms with van der Waals surface area (Å²) in [5.41, 5.74) is 7.47. The molecule has 0 atom stereocenters. The number of ether oxygens (including phenoxy) is 1. The average molecular weight is 217 g/mol. The lowest BCUT2D eigenvalue weighted by molar-refractivity contribution is 0.451. The van der Waals surface area contributed by atoms with E-state index < -0.39 is 0 Å². The number of hydrogen-bond donors (Lipinski definition) is 1. The molecule has 0 unspecified atom stereocenters. The Morgan fingerprint density at radius 1 is 1.38 bits per heavy atom. The molecule has 1 aromatic carbocycles. The summed E-state index contributed by atoms with van der Waals surface area (Å²) in [7, 11) is 1.81. The van der Waals surface area contributed by atoms with Crippen LogP contribution in [-0.2, 0) is 13.5 Å². The molecule has 0 radical (unpaired) electrons. The van der Waals surface area contributed by atoms with Gasteiger partial charge in [-0.2, -0.15) is 0 Å². The van der Waals surface area contributed by atoms with E-state index in [1.165, 1.54) is 0 Å². The molecule has 4 heteroatoms. The molecule has 1 aromatic heterocycles. The number of aryl methyl sites for hydroxylation is 2. The third kappa shape index (κ3) is 2.00. The first-order valence-corrected chi connectivity index (χ1v) is 5.25. The molecule has 2 aromatic rings. The topological polar surface area (TPSA) is 53.1 Å². The highest BCUT2D eigenvalue weighted by atomic mass is 16.5.